The van der Waals surface area contributed by atoms with Crippen LogP contribution in [-0.2, 0) is 11.2 Å². The van der Waals surface area contributed by atoms with Crippen LogP contribution in [0.5, 0.6) is 5.88 Å². The summed E-state index contributed by atoms with van der Waals surface area (Å²) in [6.45, 7) is 8.15. The van der Waals surface area contributed by atoms with Crippen LogP contribution >= 0.6 is 11.6 Å². The van der Waals surface area contributed by atoms with E-state index in [1.165, 1.54) is 0 Å². The van der Waals surface area contributed by atoms with Crippen LogP contribution in [0.25, 0.3) is 11.4 Å². The van der Waals surface area contributed by atoms with Gasteiger partial charge in [-0.1, -0.05) is 11.6 Å². The zero-order valence-corrected chi connectivity index (χ0v) is 22.2. The molecule has 4 rings (SSSR count). The second-order valence-electron chi connectivity index (χ2n) is 9.55. The minimum Gasteiger partial charge on any atom is -0.388 e. The van der Waals surface area contributed by atoms with Gasteiger partial charge >= 0.3 is 6.36 Å². The molecule has 1 aliphatic rings. The Hall–Kier alpha value is -3.47. The Morgan fingerprint density at radius 1 is 1.26 bits per heavy atom. The molecule has 0 spiro atoms. The normalized spacial score (nSPS) is 17.8. The van der Waals surface area contributed by atoms with Gasteiger partial charge in [-0.3, -0.25) is 4.79 Å². The van der Waals surface area contributed by atoms with Crippen molar-refractivity contribution in [2.45, 2.75) is 58.4 Å². The van der Waals surface area contributed by atoms with Crippen LogP contribution < -0.4 is 10.1 Å². The van der Waals surface area contributed by atoms with Crippen molar-refractivity contribution in [1.29, 1.82) is 0 Å². The molecule has 12 heteroatoms. The second-order valence-corrected chi connectivity index (χ2v) is 9.96. The van der Waals surface area contributed by atoms with Gasteiger partial charge in [-0.2, -0.15) is 0 Å². The number of aromatic nitrogens is 4. The minimum atomic E-state index is -4.90. The summed E-state index contributed by atoms with van der Waals surface area (Å²) in [5.41, 5.74) is 2.43. The van der Waals surface area contributed by atoms with E-state index >= 15 is 0 Å². The molecule has 0 aliphatic carbocycles. The summed E-state index contributed by atoms with van der Waals surface area (Å²) in [5, 5.41) is 3.60. The van der Waals surface area contributed by atoms with Crippen molar-refractivity contribution in [2.75, 3.05) is 18.4 Å². The molecule has 0 bridgehead atoms. The van der Waals surface area contributed by atoms with Crippen LogP contribution in [0.15, 0.2) is 36.8 Å². The highest BCUT2D eigenvalue weighted by Crippen LogP contribution is 2.35. The molecular formula is C26H28ClF3N6O2. The van der Waals surface area contributed by atoms with E-state index in [1.54, 1.807) is 30.3 Å². The van der Waals surface area contributed by atoms with Gasteiger partial charge in [-0.15, -0.1) is 13.2 Å². The number of carbonyl (C=O) groups excluding carboxylic acids is 1. The molecule has 8 nitrogen and oxygen atoms in total. The van der Waals surface area contributed by atoms with E-state index in [0.717, 1.165) is 47.7 Å². The summed E-state index contributed by atoms with van der Waals surface area (Å²) in [6, 6.07) is 4.87. The van der Waals surface area contributed by atoms with E-state index in [1.807, 2.05) is 20.8 Å². The lowest BCUT2D eigenvalue weighted by atomic mass is 9.87. The Labute approximate surface area is 223 Å². The van der Waals surface area contributed by atoms with E-state index in [2.05, 4.69) is 31.1 Å². The highest BCUT2D eigenvalue weighted by Gasteiger charge is 2.36. The average Bonchev–Trinajstić information content (AvgIpc) is 2.87. The molecular weight excluding hydrogens is 521 g/mol. The van der Waals surface area contributed by atoms with Crippen molar-refractivity contribution in [3.8, 4) is 17.3 Å². The summed E-state index contributed by atoms with van der Waals surface area (Å²) in [7, 11) is 0. The van der Waals surface area contributed by atoms with Gasteiger partial charge in [-0.05, 0) is 63.8 Å². The molecule has 4 heterocycles. The van der Waals surface area contributed by atoms with Gasteiger partial charge in [0.1, 0.15) is 5.82 Å². The maximum Gasteiger partial charge on any atom is 0.574 e. The number of halogens is 4. The van der Waals surface area contributed by atoms with Crippen molar-refractivity contribution in [2.24, 2.45) is 0 Å². The van der Waals surface area contributed by atoms with Gasteiger partial charge in [0.2, 0.25) is 11.8 Å². The monoisotopic (exact) mass is 548 g/mol. The van der Waals surface area contributed by atoms with Crippen LogP contribution in [0.1, 0.15) is 49.9 Å². The molecule has 0 saturated carbocycles. The molecule has 0 fully saturated rings. The first-order valence-corrected chi connectivity index (χ1v) is 12.5. The Morgan fingerprint density at radius 3 is 2.63 bits per heavy atom. The summed E-state index contributed by atoms with van der Waals surface area (Å²) in [6.07, 6.45) is 1.01. The van der Waals surface area contributed by atoms with Crippen molar-refractivity contribution < 1.29 is 22.7 Å². The zero-order chi connectivity index (χ0) is 27.7. The van der Waals surface area contributed by atoms with Crippen molar-refractivity contribution >= 4 is 23.3 Å². The summed E-state index contributed by atoms with van der Waals surface area (Å²) >= 11 is 6.20. The van der Waals surface area contributed by atoms with Crippen LogP contribution in [0.4, 0.5) is 19.0 Å². The Bertz CT molecular complexity index is 1320. The first-order valence-electron chi connectivity index (χ1n) is 12.1. The predicted molar refractivity (Wildman–Crippen MR) is 137 cm³/mol. The lowest BCUT2D eigenvalue weighted by Gasteiger charge is -2.40. The number of hydrogen-bond acceptors (Lipinski definition) is 7. The molecule has 1 aliphatic heterocycles. The summed E-state index contributed by atoms with van der Waals surface area (Å²) in [4.78, 5) is 32.1. The number of aryl methyl sites for hydroxylation is 2. The van der Waals surface area contributed by atoms with Crippen molar-refractivity contribution in [3.05, 3.63) is 58.6 Å². The quantitative estimate of drug-likeness (QED) is 0.413. The third-order valence-corrected chi connectivity index (χ3v) is 6.93. The first kappa shape index (κ1) is 27.6. The molecule has 1 N–H and O–H groups in total. The standard InChI is InChI=1S/C26H28ClF3N6O2/c1-5-36(24(37)15(2)18-12-21(33-13-20(18)27)38-26(28,29)30)14-25(4)8-7-17-11-19(16(3)34-22(17)35-25)23-31-9-6-10-32-23/h6,9-13,15H,5,7-8,14H2,1-4H3,(H,34,35)/t15-,25+/m0/s1. The van der Waals surface area contributed by atoms with Crippen molar-refractivity contribution in [3.63, 3.8) is 0 Å². The number of likely N-dealkylation sites (N-methyl/N-ethyl adjacent to an activating group) is 1. The van der Waals surface area contributed by atoms with E-state index in [0.29, 0.717) is 18.9 Å². The van der Waals surface area contributed by atoms with Gasteiger partial charge in [-0.25, -0.2) is 19.9 Å². The Morgan fingerprint density at radius 2 is 1.97 bits per heavy atom. The number of fused-ring (bicyclic) bond motifs is 1. The summed E-state index contributed by atoms with van der Waals surface area (Å²) < 4.78 is 41.9. The van der Waals surface area contributed by atoms with Crippen LogP contribution in [0.2, 0.25) is 5.02 Å². The SMILES string of the molecule is CCN(C[C@@]1(C)CCc2cc(-c3ncccn3)c(C)nc2N1)C(=O)[C@@H](C)c1cc(OC(F)(F)F)ncc1Cl. The third kappa shape index (κ3) is 6.15. The number of alkyl halides is 3. The highest BCUT2D eigenvalue weighted by atomic mass is 35.5. The van der Waals surface area contributed by atoms with Crippen molar-refractivity contribution in [1.82, 2.24) is 24.8 Å². The van der Waals surface area contributed by atoms with Gasteiger partial charge in [0, 0.05) is 43.3 Å². The predicted octanol–water partition coefficient (Wildman–Crippen LogP) is 5.56. The van der Waals surface area contributed by atoms with Crippen LogP contribution in [0.3, 0.4) is 0 Å². The maximum atomic E-state index is 13.5. The molecule has 0 aromatic carbocycles. The number of amides is 1. The molecule has 3 aromatic heterocycles. The molecule has 202 valence electrons. The molecule has 0 saturated heterocycles. The minimum absolute atomic E-state index is 0.0882. The fourth-order valence-corrected chi connectivity index (χ4v) is 4.87. The molecule has 2 atom stereocenters. The van der Waals surface area contributed by atoms with E-state index in [4.69, 9.17) is 16.6 Å². The van der Waals surface area contributed by atoms with Crippen LogP contribution in [-0.4, -0.2) is 55.7 Å². The van der Waals surface area contributed by atoms with E-state index < -0.39 is 23.7 Å². The Balaban J connectivity index is 1.52. The average molecular weight is 549 g/mol. The van der Waals surface area contributed by atoms with E-state index in [-0.39, 0.29) is 16.5 Å². The van der Waals surface area contributed by atoms with Gasteiger partial charge in [0.25, 0.3) is 0 Å². The highest BCUT2D eigenvalue weighted by molar-refractivity contribution is 6.31. The number of carbonyl (C=O) groups is 1. The number of anilines is 1. The molecule has 1 amide bonds. The van der Waals surface area contributed by atoms with E-state index in [9.17, 15) is 18.0 Å². The number of nitrogens with one attached hydrogen (secondary N) is 1. The lowest BCUT2D eigenvalue weighted by Crippen LogP contribution is -2.51. The molecule has 3 aromatic rings. The fraction of sp³-hybridized carbons (Fsp3) is 0.423. The maximum absolute atomic E-state index is 13.5. The molecule has 38 heavy (non-hydrogen) atoms. The topological polar surface area (TPSA) is 93.1 Å². The smallest absolute Gasteiger partial charge is 0.388 e. The number of ether oxygens (including phenoxy) is 1. The number of hydrogen-bond donors (Lipinski definition) is 1. The van der Waals surface area contributed by atoms with Crippen LogP contribution in [0, 0.1) is 6.92 Å². The molecule has 0 radical (unpaired) electrons. The largest absolute Gasteiger partial charge is 0.574 e. The number of rotatable bonds is 7. The lowest BCUT2D eigenvalue weighted by molar-refractivity contribution is -0.276. The number of nitrogens with zero attached hydrogens (tertiary/aromatic N) is 5. The third-order valence-electron chi connectivity index (χ3n) is 6.62. The summed E-state index contributed by atoms with van der Waals surface area (Å²) in [5.74, 6) is -0.385. The van der Waals surface area contributed by atoms with Gasteiger partial charge < -0.3 is 15.0 Å². The Kier molecular flexibility index (Phi) is 7.78. The second kappa shape index (κ2) is 10.7. The van der Waals surface area contributed by atoms with Gasteiger partial charge in [0.15, 0.2) is 5.82 Å². The zero-order valence-electron chi connectivity index (χ0n) is 21.4. The number of pyridine rings is 2. The first-order chi connectivity index (χ1) is 17.9. The molecule has 0 unspecified atom stereocenters. The fourth-order valence-electron chi connectivity index (χ4n) is 4.60. The van der Waals surface area contributed by atoms with Gasteiger partial charge in [0.05, 0.1) is 22.2 Å².